The van der Waals surface area contributed by atoms with Gasteiger partial charge in [-0.3, -0.25) is 9.59 Å². The van der Waals surface area contributed by atoms with Crippen LogP contribution in [0.5, 0.6) is 0 Å². The molecule has 7 nitrogen and oxygen atoms in total. The lowest BCUT2D eigenvalue weighted by atomic mass is 9.75. The third kappa shape index (κ3) is 3.23. The van der Waals surface area contributed by atoms with Crippen LogP contribution < -0.4 is 10.5 Å². The van der Waals surface area contributed by atoms with Crippen molar-refractivity contribution >= 4 is 11.7 Å². The molecule has 1 N–H and O–H groups in total. The van der Waals surface area contributed by atoms with E-state index in [1.165, 1.54) is 18.0 Å². The van der Waals surface area contributed by atoms with E-state index in [1.807, 2.05) is 6.07 Å². The minimum atomic E-state index is -0.148. The second kappa shape index (κ2) is 7.30. The number of amides is 1. The normalized spacial score (nSPS) is 27.2. The van der Waals surface area contributed by atoms with Crippen LogP contribution in [0.15, 0.2) is 47.5 Å². The van der Waals surface area contributed by atoms with Gasteiger partial charge in [0.05, 0.1) is 19.5 Å². The van der Waals surface area contributed by atoms with Crippen molar-refractivity contribution in [2.24, 2.45) is 11.8 Å². The van der Waals surface area contributed by atoms with E-state index in [0.717, 1.165) is 45.6 Å². The fourth-order valence-corrected chi connectivity index (χ4v) is 5.23. The summed E-state index contributed by atoms with van der Waals surface area (Å²) in [6.45, 7) is 4.44. The molecule has 3 fully saturated rings. The SMILES string of the molecule is O=C(C1CCN(c2cc(=O)[nH]cn2)CC1)N1C[C@@H]2COC[C@]2(c2ccccc2)C1. The maximum Gasteiger partial charge on any atom is 0.252 e. The number of carbonyl (C=O) groups excluding carboxylic acids is 1. The molecule has 0 bridgehead atoms. The number of hydrogen-bond donors (Lipinski definition) is 1. The standard InChI is InChI=1S/C22H26N4O3/c27-20-10-19(23-15-24-20)25-8-6-16(7-9-25)21(28)26-11-18-12-29-14-22(18,13-26)17-4-2-1-3-5-17/h1-5,10,15-16,18H,6-9,11-14H2,(H,23,24,27)/t18-,22+/m1/s1. The molecule has 2 atom stereocenters. The Morgan fingerprint density at radius 3 is 2.76 bits per heavy atom. The molecule has 0 radical (unpaired) electrons. The van der Waals surface area contributed by atoms with Gasteiger partial charge in [-0.25, -0.2) is 4.98 Å². The number of hydrogen-bond acceptors (Lipinski definition) is 5. The zero-order valence-corrected chi connectivity index (χ0v) is 16.4. The summed E-state index contributed by atoms with van der Waals surface area (Å²) < 4.78 is 5.84. The average Bonchev–Trinajstić information content (AvgIpc) is 3.33. The van der Waals surface area contributed by atoms with Crippen LogP contribution in [0.4, 0.5) is 5.82 Å². The molecule has 4 heterocycles. The summed E-state index contributed by atoms with van der Waals surface area (Å²) in [7, 11) is 0. The van der Waals surface area contributed by atoms with Crippen molar-refractivity contribution < 1.29 is 9.53 Å². The molecule has 0 aliphatic carbocycles. The monoisotopic (exact) mass is 394 g/mol. The first-order chi connectivity index (χ1) is 14.2. The van der Waals surface area contributed by atoms with Gasteiger partial charge in [-0.1, -0.05) is 30.3 Å². The summed E-state index contributed by atoms with van der Waals surface area (Å²) in [5.41, 5.74) is 1.07. The Bertz CT molecular complexity index is 938. The number of benzene rings is 1. The predicted molar refractivity (Wildman–Crippen MR) is 109 cm³/mol. The molecular weight excluding hydrogens is 368 g/mol. The van der Waals surface area contributed by atoms with Crippen molar-refractivity contribution in [3.8, 4) is 0 Å². The van der Waals surface area contributed by atoms with Crippen molar-refractivity contribution in [3.63, 3.8) is 0 Å². The number of anilines is 1. The van der Waals surface area contributed by atoms with E-state index in [2.05, 4.69) is 44.0 Å². The van der Waals surface area contributed by atoms with Crippen LogP contribution in [0.2, 0.25) is 0 Å². The molecular formula is C22H26N4O3. The van der Waals surface area contributed by atoms with E-state index in [0.29, 0.717) is 18.3 Å². The Kier molecular flexibility index (Phi) is 4.62. The van der Waals surface area contributed by atoms with Crippen molar-refractivity contribution in [2.45, 2.75) is 18.3 Å². The van der Waals surface area contributed by atoms with Gasteiger partial charge in [-0.05, 0) is 18.4 Å². The van der Waals surface area contributed by atoms with Gasteiger partial charge in [0.2, 0.25) is 5.91 Å². The molecule has 0 saturated carbocycles. The van der Waals surface area contributed by atoms with Gasteiger partial charge in [0.15, 0.2) is 0 Å². The summed E-state index contributed by atoms with van der Waals surface area (Å²) >= 11 is 0. The number of H-pyrrole nitrogens is 1. The number of rotatable bonds is 3. The van der Waals surface area contributed by atoms with Gasteiger partial charge in [0.1, 0.15) is 5.82 Å². The van der Waals surface area contributed by atoms with Crippen LogP contribution in [0.1, 0.15) is 18.4 Å². The van der Waals surface area contributed by atoms with Crippen LogP contribution in [-0.4, -0.2) is 60.2 Å². The minimum absolute atomic E-state index is 0.0424. The zero-order chi connectivity index (χ0) is 19.8. The fourth-order valence-electron chi connectivity index (χ4n) is 5.23. The number of nitrogens with one attached hydrogen (secondary N) is 1. The van der Waals surface area contributed by atoms with Crippen molar-refractivity contribution in [3.05, 3.63) is 58.6 Å². The first kappa shape index (κ1) is 18.4. The molecule has 3 saturated heterocycles. The third-order valence-corrected chi connectivity index (χ3v) is 6.87. The van der Waals surface area contributed by atoms with Gasteiger partial charge in [-0.2, -0.15) is 0 Å². The lowest BCUT2D eigenvalue weighted by Gasteiger charge is -2.34. The predicted octanol–water partition coefficient (Wildman–Crippen LogP) is 1.41. The highest BCUT2D eigenvalue weighted by atomic mass is 16.5. The Morgan fingerprint density at radius 1 is 1.21 bits per heavy atom. The summed E-state index contributed by atoms with van der Waals surface area (Å²) in [5, 5.41) is 0. The Morgan fingerprint density at radius 2 is 2.00 bits per heavy atom. The molecule has 3 aliphatic heterocycles. The molecule has 1 aromatic carbocycles. The maximum atomic E-state index is 13.3. The largest absolute Gasteiger partial charge is 0.380 e. The Hall–Kier alpha value is -2.67. The average molecular weight is 394 g/mol. The first-order valence-electron chi connectivity index (χ1n) is 10.4. The highest BCUT2D eigenvalue weighted by Crippen LogP contribution is 2.44. The number of likely N-dealkylation sites (tertiary alicyclic amines) is 1. The van der Waals surface area contributed by atoms with E-state index >= 15 is 0 Å². The number of aromatic nitrogens is 2. The van der Waals surface area contributed by atoms with Crippen LogP contribution in [0.3, 0.4) is 0 Å². The lowest BCUT2D eigenvalue weighted by molar-refractivity contribution is -0.135. The minimum Gasteiger partial charge on any atom is -0.380 e. The Labute approximate surface area is 169 Å². The number of carbonyl (C=O) groups is 1. The van der Waals surface area contributed by atoms with Gasteiger partial charge in [0, 0.05) is 49.5 Å². The van der Waals surface area contributed by atoms with Gasteiger partial charge in [0.25, 0.3) is 5.56 Å². The fraction of sp³-hybridized carbons (Fsp3) is 0.500. The van der Waals surface area contributed by atoms with Crippen LogP contribution in [0, 0.1) is 11.8 Å². The maximum absolute atomic E-state index is 13.3. The molecule has 7 heteroatoms. The summed E-state index contributed by atoms with van der Waals surface area (Å²) in [6.07, 6.45) is 3.02. The molecule has 3 aliphatic rings. The molecule has 5 rings (SSSR count). The van der Waals surface area contributed by atoms with E-state index in [9.17, 15) is 9.59 Å². The van der Waals surface area contributed by atoms with E-state index in [4.69, 9.17) is 4.74 Å². The van der Waals surface area contributed by atoms with Gasteiger partial charge < -0.3 is 19.5 Å². The second-order valence-electron chi connectivity index (χ2n) is 8.48. The quantitative estimate of drug-likeness (QED) is 0.852. The smallest absolute Gasteiger partial charge is 0.252 e. The zero-order valence-electron chi connectivity index (χ0n) is 16.4. The molecule has 29 heavy (non-hydrogen) atoms. The molecule has 0 unspecified atom stereocenters. The van der Waals surface area contributed by atoms with Crippen LogP contribution in [-0.2, 0) is 14.9 Å². The van der Waals surface area contributed by atoms with Gasteiger partial charge in [-0.15, -0.1) is 0 Å². The van der Waals surface area contributed by atoms with Crippen LogP contribution in [0.25, 0.3) is 0 Å². The van der Waals surface area contributed by atoms with Crippen molar-refractivity contribution in [1.29, 1.82) is 0 Å². The number of nitrogens with zero attached hydrogens (tertiary/aromatic N) is 3. The number of aromatic amines is 1. The van der Waals surface area contributed by atoms with Crippen LogP contribution >= 0.6 is 0 Å². The summed E-state index contributed by atoms with van der Waals surface area (Å²) in [6, 6.07) is 12.0. The summed E-state index contributed by atoms with van der Waals surface area (Å²) in [4.78, 5) is 35.8. The number of ether oxygens (including phenoxy) is 1. The number of fused-ring (bicyclic) bond motifs is 1. The first-order valence-corrected chi connectivity index (χ1v) is 10.4. The number of piperidine rings is 1. The molecule has 0 spiro atoms. The van der Waals surface area contributed by atoms with E-state index in [1.54, 1.807) is 0 Å². The van der Waals surface area contributed by atoms with Gasteiger partial charge >= 0.3 is 0 Å². The lowest BCUT2D eigenvalue weighted by Crippen LogP contribution is -2.44. The van der Waals surface area contributed by atoms with E-state index in [-0.39, 0.29) is 22.8 Å². The van der Waals surface area contributed by atoms with Crippen molar-refractivity contribution in [1.82, 2.24) is 14.9 Å². The molecule has 1 amide bonds. The highest BCUT2D eigenvalue weighted by Gasteiger charge is 2.53. The Balaban J connectivity index is 1.26. The van der Waals surface area contributed by atoms with E-state index < -0.39 is 0 Å². The topological polar surface area (TPSA) is 78.5 Å². The third-order valence-electron chi connectivity index (χ3n) is 6.87. The van der Waals surface area contributed by atoms with Crippen molar-refractivity contribution in [2.75, 3.05) is 44.3 Å². The molecule has 1 aromatic heterocycles. The summed E-state index contributed by atoms with van der Waals surface area (Å²) in [5.74, 6) is 1.37. The highest BCUT2D eigenvalue weighted by molar-refractivity contribution is 5.80. The molecule has 2 aromatic rings. The second-order valence-corrected chi connectivity index (χ2v) is 8.48. The molecule has 152 valence electrons.